The van der Waals surface area contributed by atoms with Crippen molar-refractivity contribution < 1.29 is 5.11 Å². The highest BCUT2D eigenvalue weighted by Crippen LogP contribution is 2.48. The largest absolute Gasteiger partial charge is 0.389 e. The number of allylic oxidation sites excluding steroid dienone is 1. The van der Waals surface area contributed by atoms with Crippen molar-refractivity contribution in [1.82, 2.24) is 0 Å². The molecule has 2 atom stereocenters. The Bertz CT molecular complexity index is 231. The van der Waals surface area contributed by atoms with E-state index >= 15 is 0 Å². The number of rotatable bonds is 2. The monoisotopic (exact) mass is 212 g/mol. The fraction of sp³-hybridized carbons (Fsp3) is 0.833. The molecular formula is C12H20OS. The van der Waals surface area contributed by atoms with E-state index in [9.17, 15) is 5.11 Å². The lowest BCUT2D eigenvalue weighted by Gasteiger charge is -2.35. The molecule has 2 saturated heterocycles. The fourth-order valence-electron chi connectivity index (χ4n) is 2.57. The van der Waals surface area contributed by atoms with E-state index in [2.05, 4.69) is 31.7 Å². The summed E-state index contributed by atoms with van der Waals surface area (Å²) in [6.07, 6.45) is 7.73. The van der Waals surface area contributed by atoms with Crippen LogP contribution in [0.5, 0.6) is 0 Å². The number of aliphatic hydroxyl groups is 1. The molecule has 80 valence electrons. The molecule has 0 aromatic rings. The first-order chi connectivity index (χ1) is 6.57. The maximum atomic E-state index is 10.4. The molecule has 0 amide bonds. The van der Waals surface area contributed by atoms with Gasteiger partial charge in [-0.15, -0.1) is 0 Å². The predicted molar refractivity (Wildman–Crippen MR) is 62.6 cm³/mol. The topological polar surface area (TPSA) is 20.2 Å². The van der Waals surface area contributed by atoms with Crippen molar-refractivity contribution >= 4 is 11.8 Å². The molecule has 2 aliphatic heterocycles. The van der Waals surface area contributed by atoms with Crippen LogP contribution in [0.15, 0.2) is 11.6 Å². The van der Waals surface area contributed by atoms with Crippen molar-refractivity contribution in [3.05, 3.63) is 11.6 Å². The normalized spacial score (nSPS) is 41.1. The predicted octanol–water partition coefficient (Wildman–Crippen LogP) is 3.13. The Morgan fingerprint density at radius 3 is 2.43 bits per heavy atom. The van der Waals surface area contributed by atoms with Gasteiger partial charge in [-0.2, -0.15) is 11.8 Å². The Morgan fingerprint density at radius 2 is 1.93 bits per heavy atom. The van der Waals surface area contributed by atoms with Crippen LogP contribution >= 0.6 is 11.8 Å². The van der Waals surface area contributed by atoms with Crippen molar-refractivity contribution in [2.45, 2.75) is 62.1 Å². The van der Waals surface area contributed by atoms with Crippen LogP contribution < -0.4 is 0 Å². The smallest absolute Gasteiger partial charge is 0.0703 e. The zero-order valence-electron chi connectivity index (χ0n) is 9.12. The zero-order valence-corrected chi connectivity index (χ0v) is 9.94. The van der Waals surface area contributed by atoms with Crippen molar-refractivity contribution in [3.8, 4) is 0 Å². The lowest BCUT2D eigenvalue weighted by Crippen LogP contribution is -2.36. The Hall–Kier alpha value is 0.0500. The summed E-state index contributed by atoms with van der Waals surface area (Å²) in [5.41, 5.74) is 0.943. The lowest BCUT2D eigenvalue weighted by atomic mass is 9.89. The van der Waals surface area contributed by atoms with E-state index in [1.54, 1.807) is 0 Å². The minimum absolute atomic E-state index is 0.381. The second kappa shape index (κ2) is 3.90. The Labute approximate surface area is 91.0 Å². The number of thioether (sulfide) groups is 1. The summed E-state index contributed by atoms with van der Waals surface area (Å²) in [6, 6.07) is 0. The van der Waals surface area contributed by atoms with E-state index in [1.165, 1.54) is 18.4 Å². The molecule has 1 N–H and O–H groups in total. The van der Waals surface area contributed by atoms with Gasteiger partial charge in [0.15, 0.2) is 0 Å². The van der Waals surface area contributed by atoms with E-state index in [0.29, 0.717) is 0 Å². The molecule has 0 aromatic heterocycles. The van der Waals surface area contributed by atoms with E-state index in [-0.39, 0.29) is 5.60 Å². The molecule has 14 heavy (non-hydrogen) atoms. The fourth-order valence-corrected chi connectivity index (χ4v) is 4.47. The quantitative estimate of drug-likeness (QED) is 0.710. The van der Waals surface area contributed by atoms with Gasteiger partial charge in [0.1, 0.15) is 0 Å². The first kappa shape index (κ1) is 10.6. The molecule has 2 heterocycles. The summed E-state index contributed by atoms with van der Waals surface area (Å²) in [7, 11) is 0. The third-order valence-corrected chi connectivity index (χ3v) is 4.88. The van der Waals surface area contributed by atoms with Crippen LogP contribution in [0.25, 0.3) is 0 Å². The average molecular weight is 212 g/mol. The summed E-state index contributed by atoms with van der Waals surface area (Å²) in [5, 5.41) is 11.9. The Kier molecular flexibility index (Phi) is 2.94. The van der Waals surface area contributed by atoms with Crippen LogP contribution in [-0.4, -0.2) is 21.2 Å². The second-order valence-corrected chi connectivity index (χ2v) is 6.68. The molecule has 1 nitrogen and oxygen atoms in total. The molecular weight excluding hydrogens is 192 g/mol. The van der Waals surface area contributed by atoms with Crippen LogP contribution in [0.3, 0.4) is 0 Å². The minimum Gasteiger partial charge on any atom is -0.389 e. The molecule has 2 aliphatic rings. The van der Waals surface area contributed by atoms with E-state index in [1.807, 2.05) is 0 Å². The van der Waals surface area contributed by atoms with Gasteiger partial charge in [-0.1, -0.05) is 11.6 Å². The van der Waals surface area contributed by atoms with Gasteiger partial charge in [0.05, 0.1) is 5.60 Å². The van der Waals surface area contributed by atoms with Crippen molar-refractivity contribution in [1.29, 1.82) is 0 Å². The van der Waals surface area contributed by atoms with E-state index in [0.717, 1.165) is 29.8 Å². The van der Waals surface area contributed by atoms with E-state index < -0.39 is 0 Å². The first-order valence-corrected chi connectivity index (χ1v) is 6.53. The summed E-state index contributed by atoms with van der Waals surface area (Å²) in [6.45, 7) is 4.21. The molecule has 2 heteroatoms. The maximum absolute atomic E-state index is 10.4. The van der Waals surface area contributed by atoms with Gasteiger partial charge in [-0.3, -0.25) is 0 Å². The van der Waals surface area contributed by atoms with Gasteiger partial charge < -0.3 is 5.11 Å². The molecule has 2 fully saturated rings. The molecule has 0 aromatic carbocycles. The van der Waals surface area contributed by atoms with Gasteiger partial charge in [-0.25, -0.2) is 0 Å². The Morgan fingerprint density at radius 1 is 1.36 bits per heavy atom. The van der Waals surface area contributed by atoms with Crippen LogP contribution in [-0.2, 0) is 0 Å². The van der Waals surface area contributed by atoms with Gasteiger partial charge in [0.25, 0.3) is 0 Å². The minimum atomic E-state index is -0.381. The average Bonchev–Trinajstić information content (AvgIpc) is 2.43. The third kappa shape index (κ3) is 2.34. The molecule has 0 radical (unpaired) electrons. The first-order valence-electron chi connectivity index (χ1n) is 5.59. The van der Waals surface area contributed by atoms with Gasteiger partial charge in [-0.05, 0) is 46.0 Å². The molecule has 0 spiro atoms. The molecule has 2 bridgehead atoms. The van der Waals surface area contributed by atoms with Crippen LogP contribution in [0, 0.1) is 0 Å². The molecule has 2 rings (SSSR count). The highest BCUT2D eigenvalue weighted by Gasteiger charge is 2.42. The number of fused-ring (bicyclic) bond motifs is 2. The second-order valence-electron chi connectivity index (χ2n) is 5.08. The van der Waals surface area contributed by atoms with Crippen molar-refractivity contribution in [3.63, 3.8) is 0 Å². The van der Waals surface area contributed by atoms with E-state index in [4.69, 9.17) is 0 Å². The van der Waals surface area contributed by atoms with Crippen molar-refractivity contribution in [2.24, 2.45) is 0 Å². The molecule has 0 aliphatic carbocycles. The van der Waals surface area contributed by atoms with Crippen molar-refractivity contribution in [2.75, 3.05) is 0 Å². The SMILES string of the molecule is CC(C)=CCC1(O)CC2CCC(C1)S2. The van der Waals surface area contributed by atoms with Crippen LogP contribution in [0.4, 0.5) is 0 Å². The third-order valence-electron chi connectivity index (χ3n) is 3.30. The highest BCUT2D eigenvalue weighted by atomic mass is 32.2. The zero-order chi connectivity index (χ0) is 10.2. The van der Waals surface area contributed by atoms with Gasteiger partial charge in [0, 0.05) is 10.5 Å². The summed E-state index contributed by atoms with van der Waals surface area (Å²) < 4.78 is 0. The highest BCUT2D eigenvalue weighted by molar-refractivity contribution is 8.00. The lowest BCUT2D eigenvalue weighted by molar-refractivity contribution is 0.0266. The van der Waals surface area contributed by atoms with Gasteiger partial charge in [0.2, 0.25) is 0 Å². The summed E-state index contributed by atoms with van der Waals surface area (Å²) in [4.78, 5) is 0. The summed E-state index contributed by atoms with van der Waals surface area (Å²) >= 11 is 2.11. The molecule has 2 unspecified atom stereocenters. The standard InChI is InChI=1S/C12H20OS/c1-9(2)5-6-12(13)7-10-3-4-11(8-12)14-10/h5,10-11,13H,3-4,6-8H2,1-2H3. The van der Waals surface area contributed by atoms with Crippen LogP contribution in [0.1, 0.15) is 46.0 Å². The Balaban J connectivity index is 1.99. The van der Waals surface area contributed by atoms with Gasteiger partial charge >= 0.3 is 0 Å². The summed E-state index contributed by atoms with van der Waals surface area (Å²) in [5.74, 6) is 0. The number of hydrogen-bond donors (Lipinski definition) is 1. The maximum Gasteiger partial charge on any atom is 0.0703 e. The van der Waals surface area contributed by atoms with Crippen LogP contribution in [0.2, 0.25) is 0 Å². The number of hydrogen-bond acceptors (Lipinski definition) is 2. The molecule has 0 saturated carbocycles.